The summed E-state index contributed by atoms with van der Waals surface area (Å²) in [6.45, 7) is 8.96. The van der Waals surface area contributed by atoms with Crippen molar-refractivity contribution in [3.63, 3.8) is 0 Å². The van der Waals surface area contributed by atoms with Crippen molar-refractivity contribution in [1.29, 1.82) is 0 Å². The van der Waals surface area contributed by atoms with E-state index in [0.29, 0.717) is 24.2 Å². The van der Waals surface area contributed by atoms with Gasteiger partial charge in [0, 0.05) is 26.1 Å². The zero-order valence-corrected chi connectivity index (χ0v) is 14.3. The first-order chi connectivity index (χ1) is 9.70. The van der Waals surface area contributed by atoms with E-state index in [1.165, 1.54) is 12.8 Å². The number of carbonyl (C=O) groups excluding carboxylic acids is 1. The van der Waals surface area contributed by atoms with Crippen molar-refractivity contribution >= 4 is 18.3 Å². The molecule has 0 aliphatic carbocycles. The van der Waals surface area contributed by atoms with Crippen LogP contribution in [0.15, 0.2) is 0 Å². The summed E-state index contributed by atoms with van der Waals surface area (Å²) in [6, 6.07) is 0. The number of rotatable bonds is 6. The van der Waals surface area contributed by atoms with E-state index in [0.717, 1.165) is 45.6 Å². The van der Waals surface area contributed by atoms with Gasteiger partial charge in [0.15, 0.2) is 0 Å². The lowest BCUT2D eigenvalue weighted by atomic mass is 9.85. The maximum atomic E-state index is 12.5. The fourth-order valence-corrected chi connectivity index (χ4v) is 3.38. The van der Waals surface area contributed by atoms with Gasteiger partial charge in [0.25, 0.3) is 0 Å². The lowest BCUT2D eigenvalue weighted by Crippen LogP contribution is -2.40. The first-order valence-electron chi connectivity index (χ1n) is 8.30. The summed E-state index contributed by atoms with van der Waals surface area (Å²) in [5, 5.41) is 3.45. The lowest BCUT2D eigenvalue weighted by molar-refractivity contribution is -0.133. The summed E-state index contributed by atoms with van der Waals surface area (Å²) in [7, 11) is 0. The van der Waals surface area contributed by atoms with Gasteiger partial charge in [-0.25, -0.2) is 0 Å². The molecule has 2 aliphatic heterocycles. The highest BCUT2D eigenvalue weighted by Gasteiger charge is 2.26. The number of nitrogens with zero attached hydrogens (tertiary/aromatic N) is 1. The Bertz CT molecular complexity index is 303. The van der Waals surface area contributed by atoms with E-state index < -0.39 is 0 Å². The van der Waals surface area contributed by atoms with Gasteiger partial charge in [0.1, 0.15) is 0 Å². The number of hydrogen-bond acceptors (Lipinski definition) is 3. The molecule has 4 nitrogen and oxygen atoms in total. The van der Waals surface area contributed by atoms with Crippen LogP contribution in [0.25, 0.3) is 0 Å². The Labute approximate surface area is 135 Å². The third-order valence-electron chi connectivity index (χ3n) is 4.82. The first-order valence-corrected chi connectivity index (χ1v) is 8.30. The highest BCUT2D eigenvalue weighted by molar-refractivity contribution is 5.85. The Morgan fingerprint density at radius 1 is 1.38 bits per heavy atom. The third kappa shape index (κ3) is 5.76. The van der Waals surface area contributed by atoms with Gasteiger partial charge in [0.05, 0.1) is 6.10 Å². The Hall–Kier alpha value is -0.320. The van der Waals surface area contributed by atoms with Crippen LogP contribution in [-0.2, 0) is 9.53 Å². The van der Waals surface area contributed by atoms with Crippen LogP contribution in [0.5, 0.6) is 0 Å². The van der Waals surface area contributed by atoms with Crippen molar-refractivity contribution in [2.24, 2.45) is 11.8 Å². The summed E-state index contributed by atoms with van der Waals surface area (Å²) < 4.78 is 5.65. The van der Waals surface area contributed by atoms with Gasteiger partial charge in [-0.3, -0.25) is 4.79 Å². The van der Waals surface area contributed by atoms with Crippen molar-refractivity contribution in [3.05, 3.63) is 0 Å². The van der Waals surface area contributed by atoms with Gasteiger partial charge in [-0.2, -0.15) is 0 Å². The average Bonchev–Trinajstić information content (AvgIpc) is 2.98. The normalized spacial score (nSPS) is 27.0. The average molecular weight is 319 g/mol. The Morgan fingerprint density at radius 2 is 2.19 bits per heavy atom. The Morgan fingerprint density at radius 3 is 2.76 bits per heavy atom. The second-order valence-electron chi connectivity index (χ2n) is 6.36. The topological polar surface area (TPSA) is 41.6 Å². The zero-order valence-electron chi connectivity index (χ0n) is 13.5. The standard InChI is InChI=1S/C16H30N2O2.ClH/c1-3-18(12-15-7-5-9-20-15)16(19)10-13(2)14-6-4-8-17-11-14;/h13-15,17H,3-12H2,1-2H3;1H. The minimum atomic E-state index is 0. The van der Waals surface area contributed by atoms with E-state index in [1.54, 1.807) is 0 Å². The maximum Gasteiger partial charge on any atom is 0.222 e. The molecule has 3 unspecified atom stereocenters. The Balaban J connectivity index is 0.00000220. The van der Waals surface area contributed by atoms with Crippen LogP contribution in [0.1, 0.15) is 46.0 Å². The number of amides is 1. The summed E-state index contributed by atoms with van der Waals surface area (Å²) in [5.74, 6) is 1.45. The molecule has 2 rings (SSSR count). The predicted molar refractivity (Wildman–Crippen MR) is 87.9 cm³/mol. The summed E-state index contributed by atoms with van der Waals surface area (Å²) in [4.78, 5) is 14.5. The number of carbonyl (C=O) groups is 1. The molecule has 3 atom stereocenters. The molecule has 2 aliphatic rings. The van der Waals surface area contributed by atoms with Crippen LogP contribution in [0.4, 0.5) is 0 Å². The summed E-state index contributed by atoms with van der Waals surface area (Å²) in [5.41, 5.74) is 0. The minimum Gasteiger partial charge on any atom is -0.376 e. The maximum absolute atomic E-state index is 12.5. The molecule has 0 aromatic rings. The molecule has 124 valence electrons. The molecule has 2 fully saturated rings. The second-order valence-corrected chi connectivity index (χ2v) is 6.36. The largest absolute Gasteiger partial charge is 0.376 e. The van der Waals surface area contributed by atoms with Crippen LogP contribution >= 0.6 is 12.4 Å². The van der Waals surface area contributed by atoms with Gasteiger partial charge >= 0.3 is 0 Å². The molecular formula is C16H31ClN2O2. The summed E-state index contributed by atoms with van der Waals surface area (Å²) in [6.07, 6.45) is 5.71. The highest BCUT2D eigenvalue weighted by Crippen LogP contribution is 2.23. The van der Waals surface area contributed by atoms with Crippen LogP contribution in [0, 0.1) is 11.8 Å². The Kier molecular flexibility index (Phi) is 8.60. The molecular weight excluding hydrogens is 288 g/mol. The SMILES string of the molecule is CCN(CC1CCCO1)C(=O)CC(C)C1CCCNC1.Cl. The van der Waals surface area contributed by atoms with Crippen LogP contribution in [-0.4, -0.2) is 49.7 Å². The van der Waals surface area contributed by atoms with Crippen LogP contribution < -0.4 is 5.32 Å². The van der Waals surface area contributed by atoms with Crippen LogP contribution in [0.2, 0.25) is 0 Å². The predicted octanol–water partition coefficient (Wildman–Crippen LogP) is 2.46. The van der Waals surface area contributed by atoms with Crippen molar-refractivity contribution in [2.45, 2.75) is 52.1 Å². The number of nitrogens with one attached hydrogen (secondary N) is 1. The van der Waals surface area contributed by atoms with Crippen molar-refractivity contribution < 1.29 is 9.53 Å². The van der Waals surface area contributed by atoms with E-state index in [1.807, 2.05) is 4.90 Å². The van der Waals surface area contributed by atoms with Crippen LogP contribution in [0.3, 0.4) is 0 Å². The molecule has 0 bridgehead atoms. The molecule has 21 heavy (non-hydrogen) atoms. The molecule has 0 spiro atoms. The quantitative estimate of drug-likeness (QED) is 0.818. The van der Waals surface area contributed by atoms with Gasteiger partial charge in [-0.1, -0.05) is 6.92 Å². The van der Waals surface area contributed by atoms with E-state index >= 15 is 0 Å². The van der Waals surface area contributed by atoms with E-state index in [4.69, 9.17) is 4.74 Å². The molecule has 0 saturated carbocycles. The molecule has 0 aromatic carbocycles. The van der Waals surface area contributed by atoms with Gasteiger partial charge in [-0.05, 0) is 57.5 Å². The monoisotopic (exact) mass is 318 g/mol. The van der Waals surface area contributed by atoms with E-state index in [2.05, 4.69) is 19.2 Å². The van der Waals surface area contributed by atoms with Gasteiger partial charge in [-0.15, -0.1) is 12.4 Å². The number of likely N-dealkylation sites (N-methyl/N-ethyl adjacent to an activating group) is 1. The number of piperidine rings is 1. The molecule has 1 amide bonds. The molecule has 2 heterocycles. The molecule has 0 aromatic heterocycles. The van der Waals surface area contributed by atoms with Crippen molar-refractivity contribution in [2.75, 3.05) is 32.8 Å². The van der Waals surface area contributed by atoms with Gasteiger partial charge < -0.3 is 15.0 Å². The minimum absolute atomic E-state index is 0. The molecule has 1 N–H and O–H groups in total. The fraction of sp³-hybridized carbons (Fsp3) is 0.938. The van der Waals surface area contributed by atoms with Crippen molar-refractivity contribution in [1.82, 2.24) is 10.2 Å². The molecule has 5 heteroatoms. The number of halogens is 1. The smallest absolute Gasteiger partial charge is 0.222 e. The van der Waals surface area contributed by atoms with Crippen molar-refractivity contribution in [3.8, 4) is 0 Å². The highest BCUT2D eigenvalue weighted by atomic mass is 35.5. The lowest BCUT2D eigenvalue weighted by Gasteiger charge is -2.30. The summed E-state index contributed by atoms with van der Waals surface area (Å²) >= 11 is 0. The second kappa shape index (κ2) is 9.65. The molecule has 0 radical (unpaired) electrons. The zero-order chi connectivity index (χ0) is 14.4. The number of ether oxygens (including phenoxy) is 1. The van der Waals surface area contributed by atoms with E-state index in [9.17, 15) is 4.79 Å². The molecule has 2 saturated heterocycles. The third-order valence-corrected chi connectivity index (χ3v) is 4.82. The van der Waals surface area contributed by atoms with E-state index in [-0.39, 0.29) is 18.5 Å². The fourth-order valence-electron chi connectivity index (χ4n) is 3.38. The van der Waals surface area contributed by atoms with Gasteiger partial charge in [0.2, 0.25) is 5.91 Å². The number of hydrogen-bond donors (Lipinski definition) is 1. The first kappa shape index (κ1) is 18.7.